The number of hydrogen-bond acceptors (Lipinski definition) is 3. The van der Waals surface area contributed by atoms with E-state index in [1.165, 1.54) is 12.8 Å². The molecule has 0 rings (SSSR count). The van der Waals surface area contributed by atoms with Crippen LogP contribution in [0.25, 0.3) is 0 Å². The van der Waals surface area contributed by atoms with Gasteiger partial charge in [0.15, 0.2) is 0 Å². The Morgan fingerprint density at radius 1 is 1.10 bits per heavy atom. The summed E-state index contributed by atoms with van der Waals surface area (Å²) in [5.74, 6) is -1.91. The first-order valence-corrected chi connectivity index (χ1v) is 7.65. The molecule has 0 aromatic heterocycles. The number of carboxylic acids is 1. The lowest BCUT2D eigenvalue weighted by Gasteiger charge is -2.12. The molecular formula is C16H28O4. The summed E-state index contributed by atoms with van der Waals surface area (Å²) in [6.45, 7) is 4.55. The third kappa shape index (κ3) is 10.6. The Bertz CT molecular complexity index is 297. The Morgan fingerprint density at radius 3 is 2.40 bits per heavy atom. The number of carbonyl (C=O) groups is 2. The molecule has 0 spiro atoms. The van der Waals surface area contributed by atoms with Crippen LogP contribution in [0.5, 0.6) is 0 Å². The van der Waals surface area contributed by atoms with Gasteiger partial charge in [-0.15, -0.1) is 0 Å². The quantitative estimate of drug-likeness (QED) is 0.335. The summed E-state index contributed by atoms with van der Waals surface area (Å²) in [5.41, 5.74) is 0. The molecule has 0 fully saturated rings. The van der Waals surface area contributed by atoms with Crippen molar-refractivity contribution in [2.24, 2.45) is 5.92 Å². The molecule has 4 nitrogen and oxygen atoms in total. The molecule has 116 valence electrons. The van der Waals surface area contributed by atoms with Crippen LogP contribution >= 0.6 is 0 Å². The predicted octanol–water partition coefficient (Wildman–Crippen LogP) is 3.95. The van der Waals surface area contributed by atoms with Crippen LogP contribution in [0.4, 0.5) is 0 Å². The number of unbranched alkanes of at least 4 members (excludes halogenated alkanes) is 4. The van der Waals surface area contributed by atoms with Gasteiger partial charge in [-0.05, 0) is 25.7 Å². The van der Waals surface area contributed by atoms with Crippen LogP contribution in [-0.2, 0) is 14.3 Å². The Labute approximate surface area is 122 Å². The summed E-state index contributed by atoms with van der Waals surface area (Å²) in [7, 11) is 0. The van der Waals surface area contributed by atoms with E-state index in [4.69, 9.17) is 9.84 Å². The summed E-state index contributed by atoms with van der Waals surface area (Å²) < 4.78 is 5.10. The third-order valence-electron chi connectivity index (χ3n) is 3.06. The molecule has 1 N–H and O–H groups in total. The first-order chi connectivity index (χ1) is 9.61. The van der Waals surface area contributed by atoms with E-state index >= 15 is 0 Å². The second-order valence-electron chi connectivity index (χ2n) is 5.02. The van der Waals surface area contributed by atoms with Crippen molar-refractivity contribution >= 4 is 11.9 Å². The van der Waals surface area contributed by atoms with E-state index in [1.54, 1.807) is 0 Å². The third-order valence-corrected chi connectivity index (χ3v) is 3.06. The molecule has 4 heteroatoms. The highest BCUT2D eigenvalue weighted by atomic mass is 16.5. The van der Waals surface area contributed by atoms with Gasteiger partial charge in [0.1, 0.15) is 0 Å². The second-order valence-corrected chi connectivity index (χ2v) is 5.02. The molecule has 1 unspecified atom stereocenters. The molecule has 0 aromatic rings. The number of carbonyl (C=O) groups excluding carboxylic acids is 1. The van der Waals surface area contributed by atoms with E-state index in [0.717, 1.165) is 25.7 Å². The zero-order chi connectivity index (χ0) is 15.2. The van der Waals surface area contributed by atoms with Crippen molar-refractivity contribution in [2.75, 3.05) is 6.61 Å². The summed E-state index contributed by atoms with van der Waals surface area (Å²) in [4.78, 5) is 22.6. The number of ether oxygens (including phenoxy) is 1. The predicted molar refractivity (Wildman–Crippen MR) is 79.5 cm³/mol. The van der Waals surface area contributed by atoms with E-state index < -0.39 is 11.9 Å². The average molecular weight is 284 g/mol. The van der Waals surface area contributed by atoms with Crippen LogP contribution in [0.15, 0.2) is 12.2 Å². The van der Waals surface area contributed by atoms with Gasteiger partial charge in [-0.25, -0.2) is 0 Å². The van der Waals surface area contributed by atoms with Gasteiger partial charge >= 0.3 is 11.9 Å². The highest BCUT2D eigenvalue weighted by Crippen LogP contribution is 2.13. The van der Waals surface area contributed by atoms with Crippen LogP contribution in [0.1, 0.15) is 65.2 Å². The fourth-order valence-electron chi connectivity index (χ4n) is 1.80. The molecule has 0 aromatic carbocycles. The Kier molecular flexibility index (Phi) is 11.9. The molecule has 0 bridgehead atoms. The summed E-state index contributed by atoms with van der Waals surface area (Å²) in [5, 5.41) is 8.85. The van der Waals surface area contributed by atoms with Crippen molar-refractivity contribution in [3.63, 3.8) is 0 Å². The van der Waals surface area contributed by atoms with Crippen LogP contribution in [0, 0.1) is 5.92 Å². The van der Waals surface area contributed by atoms with E-state index in [-0.39, 0.29) is 12.4 Å². The summed E-state index contributed by atoms with van der Waals surface area (Å²) in [6.07, 6.45) is 10.5. The van der Waals surface area contributed by atoms with Gasteiger partial charge in [-0.1, -0.05) is 45.3 Å². The number of aliphatic carboxylic acids is 1. The van der Waals surface area contributed by atoms with Crippen LogP contribution < -0.4 is 0 Å². The van der Waals surface area contributed by atoms with E-state index in [2.05, 4.69) is 6.92 Å². The Morgan fingerprint density at radius 2 is 1.80 bits per heavy atom. The lowest BCUT2D eigenvalue weighted by molar-refractivity contribution is -0.153. The smallest absolute Gasteiger partial charge is 0.309 e. The van der Waals surface area contributed by atoms with Crippen molar-refractivity contribution < 1.29 is 19.4 Å². The van der Waals surface area contributed by atoms with Crippen molar-refractivity contribution in [3.8, 4) is 0 Å². The minimum atomic E-state index is -0.957. The van der Waals surface area contributed by atoms with Gasteiger partial charge in [0.05, 0.1) is 18.9 Å². The first-order valence-electron chi connectivity index (χ1n) is 7.65. The van der Waals surface area contributed by atoms with Gasteiger partial charge in [0, 0.05) is 0 Å². The number of rotatable bonds is 12. The molecule has 0 saturated carbocycles. The molecule has 0 aliphatic heterocycles. The molecule has 1 atom stereocenters. The molecule has 0 heterocycles. The Hall–Kier alpha value is -1.32. The zero-order valence-electron chi connectivity index (χ0n) is 12.8. The lowest BCUT2D eigenvalue weighted by atomic mass is 10.0. The van der Waals surface area contributed by atoms with Crippen LogP contribution in [0.3, 0.4) is 0 Å². The standard InChI is InChI=1S/C16H28O4/c1-3-5-7-8-9-10-11-14(13-15(17)18)16(19)20-12-6-4-2/h9-10,14H,3-8,11-13H2,1-2H3,(H,17,18). The summed E-state index contributed by atoms with van der Waals surface area (Å²) >= 11 is 0. The molecule has 0 saturated heterocycles. The van der Waals surface area contributed by atoms with Gasteiger partial charge in [-0.2, -0.15) is 0 Å². The molecule has 0 amide bonds. The number of allylic oxidation sites excluding steroid dienone is 2. The molecule has 0 radical (unpaired) electrons. The fourth-order valence-corrected chi connectivity index (χ4v) is 1.80. The second kappa shape index (κ2) is 12.7. The van der Waals surface area contributed by atoms with E-state index in [1.807, 2.05) is 19.1 Å². The fraction of sp³-hybridized carbons (Fsp3) is 0.750. The van der Waals surface area contributed by atoms with Crippen molar-refractivity contribution in [1.82, 2.24) is 0 Å². The van der Waals surface area contributed by atoms with Gasteiger partial charge in [0.25, 0.3) is 0 Å². The molecular weight excluding hydrogens is 256 g/mol. The first kappa shape index (κ1) is 18.7. The van der Waals surface area contributed by atoms with Crippen LogP contribution in [0.2, 0.25) is 0 Å². The highest BCUT2D eigenvalue weighted by Gasteiger charge is 2.21. The van der Waals surface area contributed by atoms with Gasteiger partial charge < -0.3 is 9.84 Å². The maximum absolute atomic E-state index is 11.8. The van der Waals surface area contributed by atoms with E-state index in [0.29, 0.717) is 13.0 Å². The molecule has 0 aliphatic carbocycles. The number of hydrogen-bond donors (Lipinski definition) is 1. The summed E-state index contributed by atoms with van der Waals surface area (Å²) in [6, 6.07) is 0. The zero-order valence-corrected chi connectivity index (χ0v) is 12.8. The average Bonchev–Trinajstić information content (AvgIpc) is 2.41. The maximum atomic E-state index is 11.8. The van der Waals surface area contributed by atoms with Gasteiger partial charge in [-0.3, -0.25) is 9.59 Å². The monoisotopic (exact) mass is 284 g/mol. The van der Waals surface area contributed by atoms with Crippen molar-refractivity contribution in [1.29, 1.82) is 0 Å². The molecule has 20 heavy (non-hydrogen) atoms. The van der Waals surface area contributed by atoms with Crippen molar-refractivity contribution in [2.45, 2.75) is 65.2 Å². The van der Waals surface area contributed by atoms with Crippen LogP contribution in [-0.4, -0.2) is 23.7 Å². The maximum Gasteiger partial charge on any atom is 0.309 e. The molecule has 0 aliphatic rings. The SMILES string of the molecule is CCCCCC=CCC(CC(=O)O)C(=O)OCCCC. The topological polar surface area (TPSA) is 63.6 Å². The number of carboxylic acid groups (broad SMARTS) is 1. The lowest BCUT2D eigenvalue weighted by Crippen LogP contribution is -2.21. The largest absolute Gasteiger partial charge is 0.481 e. The van der Waals surface area contributed by atoms with Gasteiger partial charge in [0.2, 0.25) is 0 Å². The number of esters is 1. The van der Waals surface area contributed by atoms with Crippen molar-refractivity contribution in [3.05, 3.63) is 12.2 Å². The Balaban J connectivity index is 4.12. The normalized spacial score (nSPS) is 12.5. The highest BCUT2D eigenvalue weighted by molar-refractivity contribution is 5.79. The minimum absolute atomic E-state index is 0.162. The van der Waals surface area contributed by atoms with E-state index in [9.17, 15) is 9.59 Å². The minimum Gasteiger partial charge on any atom is -0.481 e.